The van der Waals surface area contributed by atoms with Crippen LogP contribution in [-0.4, -0.2) is 60.6 Å². The minimum Gasteiger partial charge on any atom is -0.454 e. The quantitative estimate of drug-likeness (QED) is 0.750. The lowest BCUT2D eigenvalue weighted by molar-refractivity contribution is -0.123. The van der Waals surface area contributed by atoms with Gasteiger partial charge in [-0.15, -0.1) is 0 Å². The summed E-state index contributed by atoms with van der Waals surface area (Å²) in [7, 11) is 0. The molecule has 1 atom stereocenters. The number of halogens is 1. The van der Waals surface area contributed by atoms with E-state index in [0.29, 0.717) is 43.4 Å². The fraction of sp³-hybridized carbons (Fsp3) is 0.440. The summed E-state index contributed by atoms with van der Waals surface area (Å²) < 4.78 is 24.9. The highest BCUT2D eigenvalue weighted by Gasteiger charge is 2.37. The number of anilines is 1. The number of piperazine rings is 1. The molecule has 8 heteroatoms. The summed E-state index contributed by atoms with van der Waals surface area (Å²) in [5.74, 6) is 0.760. The maximum Gasteiger partial charge on any atom is 0.256 e. The molecule has 2 fully saturated rings. The van der Waals surface area contributed by atoms with Crippen molar-refractivity contribution in [2.24, 2.45) is 5.92 Å². The molecular weight excluding hydrogens is 425 g/mol. The van der Waals surface area contributed by atoms with Crippen LogP contribution < -0.4 is 14.8 Å². The Bertz CT molecular complexity index is 1030. The molecule has 7 nitrogen and oxygen atoms in total. The summed E-state index contributed by atoms with van der Waals surface area (Å²) in [6.07, 6.45) is 4.30. The van der Waals surface area contributed by atoms with Gasteiger partial charge in [0.15, 0.2) is 11.5 Å². The van der Waals surface area contributed by atoms with E-state index in [0.717, 1.165) is 25.7 Å². The number of hydrogen-bond donors (Lipinski definition) is 1. The molecule has 0 spiro atoms. The molecule has 0 bridgehead atoms. The van der Waals surface area contributed by atoms with E-state index in [1.807, 2.05) is 6.07 Å². The van der Waals surface area contributed by atoms with Gasteiger partial charge in [-0.3, -0.25) is 14.5 Å². The monoisotopic (exact) mass is 453 g/mol. The van der Waals surface area contributed by atoms with E-state index in [-0.39, 0.29) is 36.1 Å². The third-order valence-electron chi connectivity index (χ3n) is 6.85. The Morgan fingerprint density at radius 2 is 1.70 bits per heavy atom. The van der Waals surface area contributed by atoms with Crippen LogP contribution in [0.2, 0.25) is 0 Å². The third kappa shape index (κ3) is 4.53. The molecule has 5 rings (SSSR count). The molecule has 3 aliphatic rings. The van der Waals surface area contributed by atoms with E-state index >= 15 is 0 Å². The summed E-state index contributed by atoms with van der Waals surface area (Å²) in [6.45, 7) is 2.28. The third-order valence-corrected chi connectivity index (χ3v) is 6.85. The summed E-state index contributed by atoms with van der Waals surface area (Å²) in [6, 6.07) is 11.2. The molecule has 1 saturated heterocycles. The molecule has 1 N–H and O–H groups in total. The van der Waals surface area contributed by atoms with Crippen molar-refractivity contribution < 1.29 is 23.5 Å². The SMILES string of the molecule is O=C(Nc1ccc2c(c1)OCO2)C(C1CCCC1)N1CCN(C(=O)c2ccccc2F)CC1. The van der Waals surface area contributed by atoms with Crippen LogP contribution in [0.4, 0.5) is 10.1 Å². The predicted octanol–water partition coefficient (Wildman–Crippen LogP) is 3.51. The zero-order chi connectivity index (χ0) is 22.8. The van der Waals surface area contributed by atoms with E-state index in [2.05, 4.69) is 10.2 Å². The predicted molar refractivity (Wildman–Crippen MR) is 121 cm³/mol. The number of fused-ring (bicyclic) bond motifs is 1. The van der Waals surface area contributed by atoms with Crippen molar-refractivity contribution in [3.63, 3.8) is 0 Å². The number of ether oxygens (including phenoxy) is 2. The van der Waals surface area contributed by atoms with Gasteiger partial charge in [0.25, 0.3) is 5.91 Å². The lowest BCUT2D eigenvalue weighted by Crippen LogP contribution is -2.57. The molecular formula is C25H28FN3O4. The molecule has 2 aromatic rings. The van der Waals surface area contributed by atoms with Gasteiger partial charge < -0.3 is 19.7 Å². The Labute approximate surface area is 192 Å². The van der Waals surface area contributed by atoms with Gasteiger partial charge in [0, 0.05) is 37.9 Å². The number of carbonyl (C=O) groups excluding carboxylic acids is 2. The topological polar surface area (TPSA) is 71.1 Å². The second-order valence-corrected chi connectivity index (χ2v) is 8.85. The van der Waals surface area contributed by atoms with Crippen molar-refractivity contribution in [2.45, 2.75) is 31.7 Å². The van der Waals surface area contributed by atoms with Crippen molar-refractivity contribution in [1.82, 2.24) is 9.80 Å². The molecule has 33 heavy (non-hydrogen) atoms. The summed E-state index contributed by atoms with van der Waals surface area (Å²) in [5, 5.41) is 3.07. The fourth-order valence-corrected chi connectivity index (χ4v) is 5.15. The number of hydrogen-bond acceptors (Lipinski definition) is 5. The van der Waals surface area contributed by atoms with Gasteiger partial charge in [0.1, 0.15) is 5.82 Å². The van der Waals surface area contributed by atoms with Crippen LogP contribution in [0.15, 0.2) is 42.5 Å². The fourth-order valence-electron chi connectivity index (χ4n) is 5.15. The van der Waals surface area contributed by atoms with Crippen LogP contribution in [0.25, 0.3) is 0 Å². The minimum atomic E-state index is -0.503. The molecule has 0 radical (unpaired) electrons. The van der Waals surface area contributed by atoms with E-state index in [4.69, 9.17) is 9.47 Å². The minimum absolute atomic E-state index is 0.0327. The van der Waals surface area contributed by atoms with Gasteiger partial charge in [-0.05, 0) is 43.0 Å². The second kappa shape index (κ2) is 9.39. The first-order chi connectivity index (χ1) is 16.1. The first-order valence-electron chi connectivity index (χ1n) is 11.6. The zero-order valence-electron chi connectivity index (χ0n) is 18.5. The van der Waals surface area contributed by atoms with Crippen LogP contribution in [0.3, 0.4) is 0 Å². The van der Waals surface area contributed by atoms with E-state index in [1.54, 1.807) is 29.2 Å². The molecule has 2 heterocycles. The highest BCUT2D eigenvalue weighted by atomic mass is 19.1. The van der Waals surface area contributed by atoms with Crippen molar-refractivity contribution in [1.29, 1.82) is 0 Å². The van der Waals surface area contributed by atoms with E-state index in [9.17, 15) is 14.0 Å². The summed E-state index contributed by atoms with van der Waals surface area (Å²) >= 11 is 0. The van der Waals surface area contributed by atoms with Gasteiger partial charge in [-0.2, -0.15) is 0 Å². The first-order valence-corrected chi connectivity index (χ1v) is 11.6. The zero-order valence-corrected chi connectivity index (χ0v) is 18.5. The lowest BCUT2D eigenvalue weighted by Gasteiger charge is -2.40. The average Bonchev–Trinajstić information content (AvgIpc) is 3.52. The Balaban J connectivity index is 1.27. The number of carbonyl (C=O) groups is 2. The summed E-state index contributed by atoms with van der Waals surface area (Å²) in [4.78, 5) is 30.1. The molecule has 2 aromatic carbocycles. The van der Waals surface area contributed by atoms with E-state index in [1.165, 1.54) is 12.1 Å². The Hall–Kier alpha value is -3.13. The number of benzene rings is 2. The van der Waals surface area contributed by atoms with Gasteiger partial charge in [0.2, 0.25) is 12.7 Å². The Morgan fingerprint density at radius 1 is 0.970 bits per heavy atom. The molecule has 0 aromatic heterocycles. The molecule has 1 aliphatic carbocycles. The lowest BCUT2D eigenvalue weighted by atomic mass is 9.94. The van der Waals surface area contributed by atoms with Crippen LogP contribution in [0.5, 0.6) is 11.5 Å². The van der Waals surface area contributed by atoms with Crippen LogP contribution in [0, 0.1) is 11.7 Å². The molecule has 1 unspecified atom stereocenters. The number of nitrogens with zero attached hydrogens (tertiary/aromatic N) is 2. The number of nitrogens with one attached hydrogen (secondary N) is 1. The Morgan fingerprint density at radius 3 is 2.45 bits per heavy atom. The van der Waals surface area contributed by atoms with Gasteiger partial charge in [0.05, 0.1) is 11.6 Å². The largest absolute Gasteiger partial charge is 0.454 e. The normalized spacial score (nSPS) is 19.5. The molecule has 174 valence electrons. The number of rotatable bonds is 5. The highest BCUT2D eigenvalue weighted by molar-refractivity contribution is 5.96. The van der Waals surface area contributed by atoms with Gasteiger partial charge >= 0.3 is 0 Å². The molecule has 1 saturated carbocycles. The number of amides is 2. The maximum absolute atomic E-state index is 14.1. The maximum atomic E-state index is 14.1. The van der Waals surface area contributed by atoms with Crippen LogP contribution >= 0.6 is 0 Å². The van der Waals surface area contributed by atoms with Crippen molar-refractivity contribution in [3.05, 3.63) is 53.8 Å². The van der Waals surface area contributed by atoms with Crippen molar-refractivity contribution >= 4 is 17.5 Å². The second-order valence-electron chi connectivity index (χ2n) is 8.85. The average molecular weight is 454 g/mol. The van der Waals surface area contributed by atoms with Gasteiger partial charge in [-0.1, -0.05) is 25.0 Å². The van der Waals surface area contributed by atoms with Crippen molar-refractivity contribution in [2.75, 3.05) is 38.3 Å². The van der Waals surface area contributed by atoms with Crippen molar-refractivity contribution in [3.8, 4) is 11.5 Å². The standard InChI is InChI=1S/C25H28FN3O4/c26-20-8-4-3-7-19(20)25(31)29-13-11-28(12-14-29)23(17-5-1-2-6-17)24(30)27-18-9-10-21-22(15-18)33-16-32-21/h3-4,7-10,15,17,23H,1-2,5-6,11-14,16H2,(H,27,30). The smallest absolute Gasteiger partial charge is 0.256 e. The molecule has 2 aliphatic heterocycles. The first kappa shape index (κ1) is 21.7. The summed E-state index contributed by atoms with van der Waals surface area (Å²) in [5.41, 5.74) is 0.777. The van der Waals surface area contributed by atoms with Gasteiger partial charge in [-0.25, -0.2) is 4.39 Å². The highest BCUT2D eigenvalue weighted by Crippen LogP contribution is 2.35. The Kier molecular flexibility index (Phi) is 6.17. The van der Waals surface area contributed by atoms with E-state index < -0.39 is 5.82 Å². The van der Waals surface area contributed by atoms with Crippen LogP contribution in [0.1, 0.15) is 36.0 Å². The molecule has 2 amide bonds. The van der Waals surface area contributed by atoms with Crippen LogP contribution in [-0.2, 0) is 4.79 Å².